The number of benzene rings is 1. The summed E-state index contributed by atoms with van der Waals surface area (Å²) in [5.41, 5.74) is 0.892. The van der Waals surface area contributed by atoms with Crippen LogP contribution >= 0.6 is 0 Å². The van der Waals surface area contributed by atoms with Gasteiger partial charge in [0.25, 0.3) is 0 Å². The second-order valence-electron chi connectivity index (χ2n) is 4.28. The average molecular weight is 246 g/mol. The molecule has 0 fully saturated rings. The zero-order valence-electron chi connectivity index (χ0n) is 10.9. The van der Waals surface area contributed by atoms with Gasteiger partial charge in [0.2, 0.25) is 5.95 Å². The Morgan fingerprint density at radius 3 is 2.72 bits per heavy atom. The van der Waals surface area contributed by atoms with Crippen LogP contribution in [0.5, 0.6) is 0 Å². The fourth-order valence-corrected chi connectivity index (χ4v) is 1.77. The standard InChI is InChI=1S/C13H18N4O/c1-9(8-18)17(3)12-10-6-4-5-7-11(10)15-13(14-2)16-12/h4-7,9,18H,8H2,1-3H3,(H,14,15,16). The van der Waals surface area contributed by atoms with E-state index in [-0.39, 0.29) is 12.6 Å². The molecule has 1 unspecified atom stereocenters. The van der Waals surface area contributed by atoms with E-state index in [0.29, 0.717) is 5.95 Å². The van der Waals surface area contributed by atoms with E-state index in [1.165, 1.54) is 0 Å². The average Bonchev–Trinajstić information content (AvgIpc) is 2.44. The lowest BCUT2D eigenvalue weighted by Crippen LogP contribution is -2.32. The van der Waals surface area contributed by atoms with E-state index in [1.54, 1.807) is 7.05 Å². The van der Waals surface area contributed by atoms with E-state index in [1.807, 2.05) is 43.1 Å². The van der Waals surface area contributed by atoms with Gasteiger partial charge >= 0.3 is 0 Å². The number of nitrogens with one attached hydrogen (secondary N) is 1. The molecule has 5 heteroatoms. The maximum atomic E-state index is 9.26. The quantitative estimate of drug-likeness (QED) is 0.856. The van der Waals surface area contributed by atoms with Crippen LogP contribution in [0.4, 0.5) is 11.8 Å². The third-order valence-corrected chi connectivity index (χ3v) is 3.07. The Morgan fingerprint density at radius 1 is 1.33 bits per heavy atom. The highest BCUT2D eigenvalue weighted by molar-refractivity contribution is 5.90. The van der Waals surface area contributed by atoms with Crippen LogP contribution in [0.1, 0.15) is 6.92 Å². The first-order valence-electron chi connectivity index (χ1n) is 5.95. The first-order chi connectivity index (χ1) is 8.67. The van der Waals surface area contributed by atoms with Gasteiger partial charge in [-0.3, -0.25) is 0 Å². The van der Waals surface area contributed by atoms with Crippen molar-refractivity contribution in [1.82, 2.24) is 9.97 Å². The van der Waals surface area contributed by atoms with Crippen LogP contribution in [-0.4, -0.2) is 41.8 Å². The largest absolute Gasteiger partial charge is 0.394 e. The Morgan fingerprint density at radius 2 is 2.06 bits per heavy atom. The minimum atomic E-state index is 0.00742. The second-order valence-corrected chi connectivity index (χ2v) is 4.28. The SMILES string of the molecule is CNc1nc(N(C)C(C)CO)c2ccccc2n1. The maximum Gasteiger partial charge on any atom is 0.224 e. The summed E-state index contributed by atoms with van der Waals surface area (Å²) in [4.78, 5) is 10.9. The molecule has 2 rings (SSSR count). The third-order valence-electron chi connectivity index (χ3n) is 3.07. The van der Waals surface area contributed by atoms with Crippen molar-refractivity contribution >= 4 is 22.7 Å². The Kier molecular flexibility index (Phi) is 3.62. The number of hydrogen-bond acceptors (Lipinski definition) is 5. The number of aliphatic hydroxyl groups is 1. The molecule has 1 aromatic carbocycles. The molecule has 1 aromatic heterocycles. The fourth-order valence-electron chi connectivity index (χ4n) is 1.77. The fraction of sp³-hybridized carbons (Fsp3) is 0.385. The molecular weight excluding hydrogens is 228 g/mol. The van der Waals surface area contributed by atoms with Crippen LogP contribution < -0.4 is 10.2 Å². The topological polar surface area (TPSA) is 61.3 Å². The summed E-state index contributed by atoms with van der Waals surface area (Å²) in [6, 6.07) is 7.87. The molecule has 0 aliphatic heterocycles. The van der Waals surface area contributed by atoms with E-state index in [4.69, 9.17) is 0 Å². The molecular formula is C13H18N4O. The molecule has 96 valence electrons. The van der Waals surface area contributed by atoms with Crippen molar-refractivity contribution in [1.29, 1.82) is 0 Å². The first kappa shape index (κ1) is 12.6. The molecule has 5 nitrogen and oxygen atoms in total. The Balaban J connectivity index is 2.60. The summed E-state index contributed by atoms with van der Waals surface area (Å²) >= 11 is 0. The number of nitrogens with zero attached hydrogens (tertiary/aromatic N) is 3. The summed E-state index contributed by atoms with van der Waals surface area (Å²) in [6.07, 6.45) is 0. The highest BCUT2D eigenvalue weighted by Crippen LogP contribution is 2.25. The molecule has 0 saturated heterocycles. The minimum Gasteiger partial charge on any atom is -0.394 e. The second kappa shape index (κ2) is 5.18. The van der Waals surface area contributed by atoms with E-state index < -0.39 is 0 Å². The van der Waals surface area contributed by atoms with Crippen LogP contribution in [0.2, 0.25) is 0 Å². The lowest BCUT2D eigenvalue weighted by atomic mass is 10.2. The van der Waals surface area contributed by atoms with Crippen molar-refractivity contribution in [2.45, 2.75) is 13.0 Å². The number of rotatable bonds is 4. The number of likely N-dealkylation sites (N-methyl/N-ethyl adjacent to an activating group) is 1. The monoisotopic (exact) mass is 246 g/mol. The predicted molar refractivity (Wildman–Crippen MR) is 74.0 cm³/mol. The maximum absolute atomic E-state index is 9.26. The van der Waals surface area contributed by atoms with E-state index in [0.717, 1.165) is 16.7 Å². The highest BCUT2D eigenvalue weighted by atomic mass is 16.3. The van der Waals surface area contributed by atoms with Gasteiger partial charge in [0, 0.05) is 19.5 Å². The third kappa shape index (κ3) is 2.22. The highest BCUT2D eigenvalue weighted by Gasteiger charge is 2.15. The van der Waals surface area contributed by atoms with Gasteiger partial charge in [0.1, 0.15) is 5.82 Å². The molecule has 0 spiro atoms. The van der Waals surface area contributed by atoms with Crippen LogP contribution in [0.3, 0.4) is 0 Å². The molecule has 0 radical (unpaired) electrons. The Hall–Kier alpha value is -1.88. The number of para-hydroxylation sites is 1. The molecule has 0 amide bonds. The van der Waals surface area contributed by atoms with Crippen molar-refractivity contribution in [3.63, 3.8) is 0 Å². The minimum absolute atomic E-state index is 0.00742. The van der Waals surface area contributed by atoms with Gasteiger partial charge in [-0.1, -0.05) is 12.1 Å². The summed E-state index contributed by atoms with van der Waals surface area (Å²) in [5.74, 6) is 1.41. The lowest BCUT2D eigenvalue weighted by Gasteiger charge is -2.25. The molecule has 18 heavy (non-hydrogen) atoms. The molecule has 0 aliphatic rings. The lowest BCUT2D eigenvalue weighted by molar-refractivity contribution is 0.270. The number of aliphatic hydroxyl groups excluding tert-OH is 1. The number of aromatic nitrogens is 2. The Bertz CT molecular complexity index is 544. The van der Waals surface area contributed by atoms with Gasteiger partial charge in [-0.15, -0.1) is 0 Å². The molecule has 0 bridgehead atoms. The van der Waals surface area contributed by atoms with Gasteiger partial charge in [0.15, 0.2) is 0 Å². The van der Waals surface area contributed by atoms with Crippen molar-refractivity contribution < 1.29 is 5.11 Å². The summed E-state index contributed by atoms with van der Waals surface area (Å²) in [5, 5.41) is 13.2. The number of hydrogen-bond donors (Lipinski definition) is 2. The molecule has 2 aromatic rings. The van der Waals surface area contributed by atoms with Crippen LogP contribution in [0.25, 0.3) is 10.9 Å². The van der Waals surface area contributed by atoms with E-state index in [9.17, 15) is 5.11 Å². The van der Waals surface area contributed by atoms with Crippen LogP contribution in [-0.2, 0) is 0 Å². The van der Waals surface area contributed by atoms with Crippen molar-refractivity contribution in [3.05, 3.63) is 24.3 Å². The van der Waals surface area contributed by atoms with Gasteiger partial charge in [0.05, 0.1) is 18.2 Å². The van der Waals surface area contributed by atoms with Crippen molar-refractivity contribution in [2.75, 3.05) is 30.9 Å². The normalized spacial score (nSPS) is 12.4. The van der Waals surface area contributed by atoms with E-state index in [2.05, 4.69) is 15.3 Å². The molecule has 2 N–H and O–H groups in total. The molecule has 1 atom stereocenters. The van der Waals surface area contributed by atoms with Gasteiger partial charge in [-0.05, 0) is 19.1 Å². The molecule has 0 aliphatic carbocycles. The van der Waals surface area contributed by atoms with Crippen molar-refractivity contribution in [3.8, 4) is 0 Å². The zero-order valence-corrected chi connectivity index (χ0v) is 10.9. The summed E-state index contributed by atoms with van der Waals surface area (Å²) < 4.78 is 0. The predicted octanol–water partition coefficient (Wildman–Crippen LogP) is 1.49. The van der Waals surface area contributed by atoms with Crippen LogP contribution in [0.15, 0.2) is 24.3 Å². The summed E-state index contributed by atoms with van der Waals surface area (Å²) in [6.45, 7) is 2.04. The zero-order chi connectivity index (χ0) is 13.1. The molecule has 1 heterocycles. The summed E-state index contributed by atoms with van der Waals surface area (Å²) in [7, 11) is 3.72. The van der Waals surface area contributed by atoms with E-state index >= 15 is 0 Å². The van der Waals surface area contributed by atoms with Gasteiger partial charge in [-0.25, -0.2) is 4.98 Å². The smallest absolute Gasteiger partial charge is 0.224 e. The van der Waals surface area contributed by atoms with Crippen LogP contribution in [0, 0.1) is 0 Å². The first-order valence-corrected chi connectivity index (χ1v) is 5.95. The number of fused-ring (bicyclic) bond motifs is 1. The van der Waals surface area contributed by atoms with Gasteiger partial charge in [-0.2, -0.15) is 4.98 Å². The van der Waals surface area contributed by atoms with Gasteiger partial charge < -0.3 is 15.3 Å². The Labute approximate surface area is 106 Å². The van der Waals surface area contributed by atoms with Crippen molar-refractivity contribution in [2.24, 2.45) is 0 Å². The number of anilines is 2. The molecule has 0 saturated carbocycles.